The van der Waals surface area contributed by atoms with E-state index in [1.807, 2.05) is 0 Å². The smallest absolute Gasteiger partial charge is 0.0791 e. The van der Waals surface area contributed by atoms with Crippen LogP contribution in [0.5, 0.6) is 0 Å². The minimum Gasteiger partial charge on any atom is -0.379 e. The van der Waals surface area contributed by atoms with Crippen LogP contribution in [0.15, 0.2) is 24.3 Å². The molecule has 0 aliphatic heterocycles. The molecule has 2 saturated carbocycles. The van der Waals surface area contributed by atoms with E-state index in [9.17, 15) is 0 Å². The first-order valence-corrected chi connectivity index (χ1v) is 7.18. The summed E-state index contributed by atoms with van der Waals surface area (Å²) >= 11 is 0. The Hall–Kier alpha value is -0.860. The second-order valence-electron chi connectivity index (χ2n) is 5.86. The second-order valence-corrected chi connectivity index (χ2v) is 5.86. The molecule has 2 aliphatic rings. The van der Waals surface area contributed by atoms with E-state index in [4.69, 9.17) is 10.5 Å². The normalized spacial score (nSPS) is 23.4. The van der Waals surface area contributed by atoms with Crippen molar-refractivity contribution in [2.24, 2.45) is 11.7 Å². The van der Waals surface area contributed by atoms with Crippen LogP contribution in [-0.4, -0.2) is 13.2 Å². The Bertz CT molecular complexity index is 392. The fourth-order valence-corrected chi connectivity index (χ4v) is 2.98. The number of rotatable bonds is 5. The first-order chi connectivity index (χ1) is 8.79. The Morgan fingerprint density at radius 3 is 2.22 bits per heavy atom. The Labute approximate surface area is 110 Å². The summed E-state index contributed by atoms with van der Waals surface area (Å²) in [6, 6.07) is 8.95. The van der Waals surface area contributed by atoms with Crippen molar-refractivity contribution in [2.45, 2.75) is 50.2 Å². The third-order valence-electron chi connectivity index (χ3n) is 4.61. The highest BCUT2D eigenvalue weighted by atomic mass is 16.5. The molecule has 98 valence electrons. The molecule has 1 aromatic carbocycles. The van der Waals surface area contributed by atoms with Crippen LogP contribution in [0, 0.1) is 5.92 Å². The molecule has 0 spiro atoms. The highest BCUT2D eigenvalue weighted by molar-refractivity contribution is 5.29. The predicted molar refractivity (Wildman–Crippen MR) is 73.5 cm³/mol. The molecule has 2 unspecified atom stereocenters. The maximum Gasteiger partial charge on any atom is 0.0791 e. The van der Waals surface area contributed by atoms with E-state index in [-0.39, 0.29) is 12.1 Å². The van der Waals surface area contributed by atoms with Crippen molar-refractivity contribution in [3.8, 4) is 0 Å². The molecule has 2 N–H and O–H groups in total. The summed E-state index contributed by atoms with van der Waals surface area (Å²) < 4.78 is 5.58. The molecular formula is C16H23NO. The standard InChI is InChI=1S/C16H23NO/c1-18-16(14-9-10-14)15(17)13-7-5-12(6-8-13)11-3-2-4-11/h5-8,11,14-16H,2-4,9-10,17H2,1H3. The maximum atomic E-state index is 6.34. The van der Waals surface area contributed by atoms with Gasteiger partial charge in [-0.3, -0.25) is 0 Å². The van der Waals surface area contributed by atoms with Crippen LogP contribution in [0.1, 0.15) is 55.2 Å². The maximum absolute atomic E-state index is 6.34. The Morgan fingerprint density at radius 2 is 1.78 bits per heavy atom. The summed E-state index contributed by atoms with van der Waals surface area (Å²) in [6.45, 7) is 0. The van der Waals surface area contributed by atoms with Gasteiger partial charge in [0.2, 0.25) is 0 Å². The van der Waals surface area contributed by atoms with Crippen molar-refractivity contribution in [1.29, 1.82) is 0 Å². The Balaban J connectivity index is 1.70. The zero-order valence-electron chi connectivity index (χ0n) is 11.1. The predicted octanol–water partition coefficient (Wildman–Crippen LogP) is 3.38. The lowest BCUT2D eigenvalue weighted by Gasteiger charge is -2.27. The van der Waals surface area contributed by atoms with Gasteiger partial charge in [-0.1, -0.05) is 30.7 Å². The van der Waals surface area contributed by atoms with Gasteiger partial charge in [0.25, 0.3) is 0 Å². The van der Waals surface area contributed by atoms with Crippen LogP contribution in [0.3, 0.4) is 0 Å². The fourth-order valence-electron chi connectivity index (χ4n) is 2.98. The number of benzene rings is 1. The van der Waals surface area contributed by atoms with Crippen molar-refractivity contribution in [3.63, 3.8) is 0 Å². The largest absolute Gasteiger partial charge is 0.379 e. The molecule has 2 atom stereocenters. The van der Waals surface area contributed by atoms with Crippen molar-refractivity contribution in [2.75, 3.05) is 7.11 Å². The van der Waals surface area contributed by atoms with Crippen LogP contribution in [-0.2, 0) is 4.74 Å². The summed E-state index contributed by atoms with van der Waals surface area (Å²) in [4.78, 5) is 0. The van der Waals surface area contributed by atoms with Gasteiger partial charge < -0.3 is 10.5 Å². The van der Waals surface area contributed by atoms with E-state index in [0.29, 0.717) is 5.92 Å². The molecule has 0 bridgehead atoms. The highest BCUT2D eigenvalue weighted by Crippen LogP contribution is 2.40. The Morgan fingerprint density at radius 1 is 1.11 bits per heavy atom. The Kier molecular flexibility index (Phi) is 3.40. The highest BCUT2D eigenvalue weighted by Gasteiger charge is 2.35. The first kappa shape index (κ1) is 12.2. The topological polar surface area (TPSA) is 35.2 Å². The van der Waals surface area contributed by atoms with Crippen LogP contribution in [0.2, 0.25) is 0 Å². The third kappa shape index (κ3) is 2.32. The molecule has 2 fully saturated rings. The van der Waals surface area contributed by atoms with Crippen molar-refractivity contribution in [1.82, 2.24) is 0 Å². The van der Waals surface area contributed by atoms with Gasteiger partial charge in [0.15, 0.2) is 0 Å². The van der Waals surface area contributed by atoms with Gasteiger partial charge >= 0.3 is 0 Å². The van der Waals surface area contributed by atoms with Crippen molar-refractivity contribution in [3.05, 3.63) is 35.4 Å². The van der Waals surface area contributed by atoms with Gasteiger partial charge in [-0.2, -0.15) is 0 Å². The molecule has 18 heavy (non-hydrogen) atoms. The van der Waals surface area contributed by atoms with Crippen LogP contribution in [0.4, 0.5) is 0 Å². The molecule has 0 heterocycles. The van der Waals surface area contributed by atoms with E-state index in [0.717, 1.165) is 5.92 Å². The van der Waals surface area contributed by atoms with Gasteiger partial charge in [0, 0.05) is 7.11 Å². The van der Waals surface area contributed by atoms with Crippen molar-refractivity contribution >= 4 is 0 Å². The monoisotopic (exact) mass is 245 g/mol. The SMILES string of the molecule is COC(C1CC1)C(N)c1ccc(C2CCC2)cc1. The van der Waals surface area contributed by atoms with E-state index >= 15 is 0 Å². The number of methoxy groups -OCH3 is 1. The van der Waals surface area contributed by atoms with Gasteiger partial charge in [0.1, 0.15) is 0 Å². The van der Waals surface area contributed by atoms with Crippen molar-refractivity contribution < 1.29 is 4.74 Å². The number of nitrogens with two attached hydrogens (primary N) is 1. The number of hydrogen-bond acceptors (Lipinski definition) is 2. The molecule has 2 nitrogen and oxygen atoms in total. The zero-order valence-corrected chi connectivity index (χ0v) is 11.1. The van der Waals surface area contributed by atoms with Crippen LogP contribution in [0.25, 0.3) is 0 Å². The lowest BCUT2D eigenvalue weighted by molar-refractivity contribution is 0.0624. The summed E-state index contributed by atoms with van der Waals surface area (Å²) in [5.74, 6) is 1.48. The fraction of sp³-hybridized carbons (Fsp3) is 0.625. The molecule has 0 radical (unpaired) electrons. The molecule has 1 aromatic rings. The molecule has 2 aliphatic carbocycles. The summed E-state index contributed by atoms with van der Waals surface area (Å²) in [7, 11) is 1.78. The lowest BCUT2D eigenvalue weighted by atomic mass is 9.79. The lowest BCUT2D eigenvalue weighted by Crippen LogP contribution is -2.29. The van der Waals surface area contributed by atoms with E-state index in [1.165, 1.54) is 43.2 Å². The molecule has 3 rings (SSSR count). The molecule has 0 aromatic heterocycles. The van der Waals surface area contributed by atoms with Gasteiger partial charge in [0.05, 0.1) is 12.1 Å². The summed E-state index contributed by atoms with van der Waals surface area (Å²) in [6.07, 6.45) is 6.83. The number of hydrogen-bond donors (Lipinski definition) is 1. The summed E-state index contributed by atoms with van der Waals surface area (Å²) in [5, 5.41) is 0. The van der Waals surface area contributed by atoms with E-state index < -0.39 is 0 Å². The summed E-state index contributed by atoms with van der Waals surface area (Å²) in [5.41, 5.74) is 9.04. The quantitative estimate of drug-likeness (QED) is 0.863. The van der Waals surface area contributed by atoms with Gasteiger partial charge in [-0.15, -0.1) is 0 Å². The minimum absolute atomic E-state index is 0.0259. The van der Waals surface area contributed by atoms with E-state index in [1.54, 1.807) is 7.11 Å². The average Bonchev–Trinajstić information content (AvgIpc) is 3.13. The average molecular weight is 245 g/mol. The van der Waals surface area contributed by atoms with Crippen LogP contribution < -0.4 is 5.73 Å². The van der Waals surface area contributed by atoms with Gasteiger partial charge in [-0.25, -0.2) is 0 Å². The minimum atomic E-state index is 0.0259. The third-order valence-corrected chi connectivity index (χ3v) is 4.61. The second kappa shape index (κ2) is 5.02. The van der Waals surface area contributed by atoms with E-state index in [2.05, 4.69) is 24.3 Å². The molecule has 0 amide bonds. The zero-order chi connectivity index (χ0) is 12.5. The van der Waals surface area contributed by atoms with Crippen LogP contribution >= 0.6 is 0 Å². The molecule has 2 heteroatoms. The molecule has 0 saturated heterocycles. The van der Waals surface area contributed by atoms with Gasteiger partial charge in [-0.05, 0) is 48.6 Å². The first-order valence-electron chi connectivity index (χ1n) is 7.18. The number of ether oxygens (including phenoxy) is 1. The molecular weight excluding hydrogens is 222 g/mol.